The maximum atomic E-state index is 12.0. The van der Waals surface area contributed by atoms with E-state index in [2.05, 4.69) is 17.6 Å². The van der Waals surface area contributed by atoms with E-state index in [1.807, 2.05) is 6.07 Å². The molecule has 4 fully saturated rings. The first-order valence-electron chi connectivity index (χ1n) is 9.28. The quantitative estimate of drug-likeness (QED) is 0.485. The van der Waals surface area contributed by atoms with Crippen LogP contribution in [0.3, 0.4) is 0 Å². The first-order chi connectivity index (χ1) is 11.9. The number of nitriles is 1. The lowest BCUT2D eigenvalue weighted by molar-refractivity contribution is -0.136. The zero-order chi connectivity index (χ0) is 18.0. The highest BCUT2D eigenvalue weighted by molar-refractivity contribution is 5.97. The van der Waals surface area contributed by atoms with Crippen molar-refractivity contribution in [1.82, 2.24) is 10.6 Å². The van der Waals surface area contributed by atoms with E-state index in [0.717, 1.165) is 17.8 Å². The molecule has 0 spiro atoms. The summed E-state index contributed by atoms with van der Waals surface area (Å²) in [6.07, 6.45) is 9.29. The van der Waals surface area contributed by atoms with Crippen molar-refractivity contribution in [3.8, 4) is 6.07 Å². The number of hydrogen-bond donors (Lipinski definition) is 3. The second-order valence-electron chi connectivity index (χ2n) is 8.24. The molecular formula is C19H27N3O3. The second kappa shape index (κ2) is 7.07. The summed E-state index contributed by atoms with van der Waals surface area (Å²) in [4.78, 5) is 22.5. The van der Waals surface area contributed by atoms with Crippen LogP contribution < -0.4 is 10.6 Å². The number of carboxylic acids is 1. The average Bonchev–Trinajstić information content (AvgIpc) is 2.53. The smallest absolute Gasteiger partial charge is 0.305 e. The molecule has 4 saturated carbocycles. The van der Waals surface area contributed by atoms with Gasteiger partial charge in [0.05, 0.1) is 6.42 Å². The zero-order valence-corrected chi connectivity index (χ0v) is 14.8. The lowest BCUT2D eigenvalue weighted by atomic mass is 9.48. The molecule has 4 bridgehead atoms. The molecule has 4 aliphatic rings. The minimum atomic E-state index is -0.976. The molecule has 0 aliphatic heterocycles. The molecule has 1 amide bonds. The summed E-state index contributed by atoms with van der Waals surface area (Å²) in [6, 6.07) is 2.14. The largest absolute Gasteiger partial charge is 0.481 e. The van der Waals surface area contributed by atoms with Gasteiger partial charge in [0.1, 0.15) is 11.6 Å². The molecule has 25 heavy (non-hydrogen) atoms. The number of carbonyl (C=O) groups excluding carboxylic acids is 1. The summed E-state index contributed by atoms with van der Waals surface area (Å²) in [5, 5.41) is 23.6. The number of hydrogen-bond acceptors (Lipinski definition) is 4. The molecule has 0 heterocycles. The van der Waals surface area contributed by atoms with E-state index >= 15 is 0 Å². The van der Waals surface area contributed by atoms with E-state index in [1.54, 1.807) is 0 Å². The minimum Gasteiger partial charge on any atom is -0.481 e. The zero-order valence-electron chi connectivity index (χ0n) is 14.8. The molecule has 0 radical (unpaired) electrons. The summed E-state index contributed by atoms with van der Waals surface area (Å²) in [7, 11) is 0. The first-order valence-corrected chi connectivity index (χ1v) is 9.28. The molecule has 6 nitrogen and oxygen atoms in total. The predicted molar refractivity (Wildman–Crippen MR) is 92.2 cm³/mol. The molecular weight excluding hydrogens is 318 g/mol. The maximum absolute atomic E-state index is 12.0. The van der Waals surface area contributed by atoms with E-state index in [4.69, 9.17) is 5.11 Å². The van der Waals surface area contributed by atoms with E-state index in [9.17, 15) is 14.9 Å². The molecule has 0 aromatic heterocycles. The van der Waals surface area contributed by atoms with E-state index in [-0.39, 0.29) is 24.6 Å². The molecule has 0 saturated heterocycles. The van der Waals surface area contributed by atoms with Crippen LogP contribution in [0.2, 0.25) is 0 Å². The van der Waals surface area contributed by atoms with Gasteiger partial charge in [0, 0.05) is 18.8 Å². The van der Waals surface area contributed by atoms with Crippen LogP contribution in [0.5, 0.6) is 0 Å². The normalized spacial score (nSPS) is 34.2. The fraction of sp³-hybridized carbons (Fsp3) is 0.737. The van der Waals surface area contributed by atoms with Crippen molar-refractivity contribution in [2.24, 2.45) is 23.2 Å². The monoisotopic (exact) mass is 345 g/mol. The van der Waals surface area contributed by atoms with E-state index in [0.29, 0.717) is 5.41 Å². The van der Waals surface area contributed by atoms with Gasteiger partial charge in [-0.1, -0.05) is 0 Å². The molecule has 136 valence electrons. The average molecular weight is 345 g/mol. The summed E-state index contributed by atoms with van der Waals surface area (Å²) in [5.74, 6) is 1.07. The van der Waals surface area contributed by atoms with Gasteiger partial charge >= 0.3 is 5.97 Å². The standard InChI is InChI=1S/C19H27N3O3/c1-12(19-7-13-4-14(8-19)6-15(5-13)9-19)22-11-16(10-20)18(25)21-3-2-17(23)24/h11-15,22H,2-9H2,1H3,(H,21,25)(H,23,24)/b16-11-. The Morgan fingerprint density at radius 1 is 1.24 bits per heavy atom. The van der Waals surface area contributed by atoms with Crippen molar-refractivity contribution in [2.75, 3.05) is 6.54 Å². The van der Waals surface area contributed by atoms with Gasteiger partial charge in [-0.3, -0.25) is 9.59 Å². The van der Waals surface area contributed by atoms with Crippen LogP contribution in [-0.2, 0) is 9.59 Å². The molecule has 4 aliphatic carbocycles. The molecule has 6 heteroatoms. The predicted octanol–water partition coefficient (Wildman–Crippen LogP) is 2.18. The third-order valence-electron chi connectivity index (χ3n) is 6.47. The van der Waals surface area contributed by atoms with Crippen molar-refractivity contribution in [3.05, 3.63) is 11.8 Å². The van der Waals surface area contributed by atoms with Crippen molar-refractivity contribution in [1.29, 1.82) is 5.26 Å². The molecule has 0 aromatic rings. The number of nitrogens with zero attached hydrogens (tertiary/aromatic N) is 1. The number of nitrogens with one attached hydrogen (secondary N) is 2. The van der Waals surface area contributed by atoms with Gasteiger partial charge in [0.15, 0.2) is 0 Å². The van der Waals surface area contributed by atoms with Gasteiger partial charge < -0.3 is 15.7 Å². The summed E-state index contributed by atoms with van der Waals surface area (Å²) in [5.41, 5.74) is 0.299. The highest BCUT2D eigenvalue weighted by Gasteiger charge is 2.52. The SMILES string of the molecule is CC(N/C=C(/C#N)C(=O)NCCC(=O)O)C12CC3CC(CC(C3)C1)C2. The Kier molecular flexibility index (Phi) is 5.03. The number of aliphatic carboxylic acids is 1. The van der Waals surface area contributed by atoms with Gasteiger partial charge in [-0.15, -0.1) is 0 Å². The summed E-state index contributed by atoms with van der Waals surface area (Å²) >= 11 is 0. The molecule has 1 atom stereocenters. The number of rotatable bonds is 7. The second-order valence-corrected chi connectivity index (χ2v) is 8.24. The van der Waals surface area contributed by atoms with Gasteiger partial charge in [-0.2, -0.15) is 5.26 Å². The third kappa shape index (κ3) is 3.81. The molecule has 3 N–H and O–H groups in total. The van der Waals surface area contributed by atoms with Crippen molar-refractivity contribution < 1.29 is 14.7 Å². The topological polar surface area (TPSA) is 102 Å². The van der Waals surface area contributed by atoms with Crippen LogP contribution in [0.25, 0.3) is 0 Å². The van der Waals surface area contributed by atoms with Gasteiger partial charge in [0.25, 0.3) is 5.91 Å². The van der Waals surface area contributed by atoms with Crippen LogP contribution in [-0.4, -0.2) is 29.6 Å². The molecule has 4 rings (SSSR count). The van der Waals surface area contributed by atoms with Gasteiger partial charge in [-0.05, 0) is 68.6 Å². The Hall–Kier alpha value is -2.03. The van der Waals surface area contributed by atoms with Crippen LogP contribution in [0.15, 0.2) is 11.8 Å². The van der Waals surface area contributed by atoms with Crippen molar-refractivity contribution >= 4 is 11.9 Å². The molecule has 0 aromatic carbocycles. The summed E-state index contributed by atoms with van der Waals surface area (Å²) in [6.45, 7) is 2.19. The van der Waals surface area contributed by atoms with Gasteiger partial charge in [-0.25, -0.2) is 0 Å². The lowest BCUT2D eigenvalue weighted by Gasteiger charge is -2.59. The number of amides is 1. The summed E-state index contributed by atoms with van der Waals surface area (Å²) < 4.78 is 0. The Bertz CT molecular complexity index is 585. The highest BCUT2D eigenvalue weighted by Crippen LogP contribution is 2.61. The van der Waals surface area contributed by atoms with Gasteiger partial charge in [0.2, 0.25) is 0 Å². The Morgan fingerprint density at radius 3 is 2.28 bits per heavy atom. The van der Waals surface area contributed by atoms with Crippen LogP contribution in [0, 0.1) is 34.5 Å². The van der Waals surface area contributed by atoms with Crippen molar-refractivity contribution in [2.45, 2.75) is 57.9 Å². The van der Waals surface area contributed by atoms with E-state index in [1.165, 1.54) is 44.7 Å². The Labute approximate surface area is 148 Å². The minimum absolute atomic E-state index is 0.00182. The van der Waals surface area contributed by atoms with Crippen LogP contribution in [0.1, 0.15) is 51.9 Å². The number of carbonyl (C=O) groups is 2. The Morgan fingerprint density at radius 2 is 1.80 bits per heavy atom. The van der Waals surface area contributed by atoms with Crippen LogP contribution >= 0.6 is 0 Å². The fourth-order valence-corrected chi connectivity index (χ4v) is 5.62. The third-order valence-corrected chi connectivity index (χ3v) is 6.47. The van der Waals surface area contributed by atoms with Crippen molar-refractivity contribution in [3.63, 3.8) is 0 Å². The Balaban J connectivity index is 1.59. The first kappa shape index (κ1) is 17.8. The highest BCUT2D eigenvalue weighted by atomic mass is 16.4. The maximum Gasteiger partial charge on any atom is 0.305 e. The van der Waals surface area contributed by atoms with E-state index < -0.39 is 11.9 Å². The number of carboxylic acid groups (broad SMARTS) is 1. The fourth-order valence-electron chi connectivity index (χ4n) is 5.62. The van der Waals surface area contributed by atoms with Crippen LogP contribution in [0.4, 0.5) is 0 Å². The lowest BCUT2D eigenvalue weighted by Crippen LogP contribution is -2.54. The molecule has 1 unspecified atom stereocenters.